The van der Waals surface area contributed by atoms with Gasteiger partial charge in [-0.25, -0.2) is 4.79 Å². The number of nitrogens with one attached hydrogen (secondary N) is 1. The Morgan fingerprint density at radius 1 is 1.25 bits per heavy atom. The summed E-state index contributed by atoms with van der Waals surface area (Å²) in [7, 11) is -1.97. The Morgan fingerprint density at radius 2 is 1.79 bits per heavy atom. The van der Waals surface area contributed by atoms with Crippen LogP contribution in [0.15, 0.2) is 42.1 Å². The van der Waals surface area contributed by atoms with Gasteiger partial charge in [-0.3, -0.25) is 0 Å². The first-order chi connectivity index (χ1) is 11.0. The largest absolute Gasteiger partial charge is 0.444 e. The molecule has 1 N–H and O–H groups in total. The molecule has 0 aliphatic rings. The van der Waals surface area contributed by atoms with Crippen molar-refractivity contribution in [3.8, 4) is 0 Å². The summed E-state index contributed by atoms with van der Waals surface area (Å²) >= 11 is 0. The molecule has 0 aliphatic carbocycles. The maximum Gasteiger partial charge on any atom is 0.408 e. The molecule has 0 saturated heterocycles. The molecule has 0 fully saturated rings. The van der Waals surface area contributed by atoms with Crippen LogP contribution in [0.1, 0.15) is 27.7 Å². The van der Waals surface area contributed by atoms with Crippen LogP contribution < -0.4 is 10.5 Å². The monoisotopic (exact) mass is 347 g/mol. The third-order valence-electron chi connectivity index (χ3n) is 4.22. The molecule has 2 atom stereocenters. The Balaban J connectivity index is 2.89. The van der Waals surface area contributed by atoms with Crippen molar-refractivity contribution in [1.29, 1.82) is 0 Å². The topological polar surface area (TPSA) is 55.4 Å². The van der Waals surface area contributed by atoms with Crippen LogP contribution in [-0.2, 0) is 9.53 Å². The number of hydrogen-bond donors (Lipinski definition) is 1. The van der Waals surface area contributed by atoms with E-state index in [0.29, 0.717) is 0 Å². The number of carbonyl (C=O) groups is 2. The second-order valence-corrected chi connectivity index (χ2v) is 12.1. The average molecular weight is 348 g/mol. The van der Waals surface area contributed by atoms with Gasteiger partial charge in [-0.1, -0.05) is 60.7 Å². The van der Waals surface area contributed by atoms with Crippen LogP contribution in [0.25, 0.3) is 0 Å². The lowest BCUT2D eigenvalue weighted by molar-refractivity contribution is -0.110. The molecule has 0 aliphatic heterocycles. The van der Waals surface area contributed by atoms with Crippen LogP contribution in [-0.4, -0.2) is 32.1 Å². The molecule has 0 unspecified atom stereocenters. The Morgan fingerprint density at radius 3 is 2.25 bits per heavy atom. The van der Waals surface area contributed by atoms with Crippen molar-refractivity contribution in [3.05, 3.63) is 42.1 Å². The van der Waals surface area contributed by atoms with Gasteiger partial charge < -0.3 is 14.8 Å². The first-order valence-corrected chi connectivity index (χ1v) is 11.2. The van der Waals surface area contributed by atoms with Gasteiger partial charge in [-0.05, 0) is 20.8 Å². The van der Waals surface area contributed by atoms with Gasteiger partial charge in [-0.15, -0.1) is 6.58 Å². The number of hydrogen-bond acceptors (Lipinski definition) is 3. The van der Waals surface area contributed by atoms with Gasteiger partial charge in [0, 0.05) is 5.92 Å². The minimum Gasteiger partial charge on any atom is -0.444 e. The lowest BCUT2D eigenvalue weighted by atomic mass is 10.0. The minimum absolute atomic E-state index is 0.170. The van der Waals surface area contributed by atoms with E-state index >= 15 is 0 Å². The number of carbonyl (C=O) groups excluding carboxylic acids is 2. The molecule has 0 aromatic heterocycles. The van der Waals surface area contributed by atoms with Crippen molar-refractivity contribution in [3.63, 3.8) is 0 Å². The zero-order chi connectivity index (χ0) is 18.5. The van der Waals surface area contributed by atoms with E-state index in [1.165, 1.54) is 5.19 Å². The first-order valence-electron chi connectivity index (χ1n) is 8.18. The summed E-state index contributed by atoms with van der Waals surface area (Å²) in [6, 6.07) is 9.56. The van der Waals surface area contributed by atoms with E-state index in [1.807, 2.05) is 25.1 Å². The SMILES string of the molecule is C=C([C@H](C)[C@@H](C=O)NC(=O)OC(C)(C)C)[Si](C)(C)c1ccccc1. The third-order valence-corrected chi connectivity index (χ3v) is 8.05. The van der Waals surface area contributed by atoms with Gasteiger partial charge in [-0.2, -0.15) is 0 Å². The molecule has 1 aromatic rings. The lowest BCUT2D eigenvalue weighted by Gasteiger charge is -2.33. The van der Waals surface area contributed by atoms with E-state index in [9.17, 15) is 9.59 Å². The van der Waals surface area contributed by atoms with Gasteiger partial charge in [0.1, 0.15) is 20.0 Å². The molecule has 0 bridgehead atoms. The van der Waals surface area contributed by atoms with Crippen LogP contribution >= 0.6 is 0 Å². The van der Waals surface area contributed by atoms with Crippen LogP contribution in [0.5, 0.6) is 0 Å². The molecule has 0 spiro atoms. The molecule has 1 aromatic carbocycles. The number of rotatable bonds is 6. The summed E-state index contributed by atoms with van der Waals surface area (Å²) < 4.78 is 5.24. The summed E-state index contributed by atoms with van der Waals surface area (Å²) in [6.45, 7) is 16.0. The molecule has 1 rings (SSSR count). The van der Waals surface area contributed by atoms with E-state index in [4.69, 9.17) is 4.74 Å². The van der Waals surface area contributed by atoms with Crippen molar-refractivity contribution in [2.45, 2.75) is 52.4 Å². The second-order valence-electron chi connectivity index (χ2n) is 7.61. The molecule has 0 heterocycles. The fraction of sp³-hybridized carbons (Fsp3) is 0.474. The Bertz CT molecular complexity index is 590. The molecule has 4 nitrogen and oxygen atoms in total. The number of benzene rings is 1. The molecule has 132 valence electrons. The molecule has 1 amide bonds. The highest BCUT2D eigenvalue weighted by Gasteiger charge is 2.34. The first kappa shape index (κ1) is 20.2. The van der Waals surface area contributed by atoms with E-state index < -0.39 is 25.8 Å². The van der Waals surface area contributed by atoms with E-state index in [1.54, 1.807) is 20.8 Å². The highest BCUT2D eigenvalue weighted by atomic mass is 28.3. The highest BCUT2D eigenvalue weighted by Crippen LogP contribution is 2.24. The normalized spacial score (nSPS) is 14.4. The average Bonchev–Trinajstić information content (AvgIpc) is 2.50. The Labute approximate surface area is 146 Å². The highest BCUT2D eigenvalue weighted by molar-refractivity contribution is 6.95. The van der Waals surface area contributed by atoms with Crippen molar-refractivity contribution in [2.24, 2.45) is 5.92 Å². The van der Waals surface area contributed by atoms with Crippen LogP contribution in [0.4, 0.5) is 4.79 Å². The van der Waals surface area contributed by atoms with E-state index in [0.717, 1.165) is 11.5 Å². The molecular weight excluding hydrogens is 318 g/mol. The summed E-state index contributed by atoms with van der Waals surface area (Å²) in [5.41, 5.74) is -0.601. The standard InChI is InChI=1S/C19H29NO3Si/c1-14(17(13-21)20-18(22)23-19(3,4)5)15(2)24(6,7)16-11-9-8-10-12-16/h8-14,17H,2H2,1,3-7H3,(H,20,22)/t14-,17+/m0/s1. The number of alkyl carbamates (subject to hydrolysis) is 1. The maximum atomic E-state index is 12.0. The molecule has 24 heavy (non-hydrogen) atoms. The maximum absolute atomic E-state index is 12.0. The smallest absolute Gasteiger partial charge is 0.408 e. The fourth-order valence-electron chi connectivity index (χ4n) is 2.55. The zero-order valence-corrected chi connectivity index (χ0v) is 16.6. The van der Waals surface area contributed by atoms with Crippen molar-refractivity contribution < 1.29 is 14.3 Å². The van der Waals surface area contributed by atoms with Gasteiger partial charge in [0.15, 0.2) is 0 Å². The predicted molar refractivity (Wildman–Crippen MR) is 101 cm³/mol. The van der Waals surface area contributed by atoms with Crippen molar-refractivity contribution in [2.75, 3.05) is 0 Å². The van der Waals surface area contributed by atoms with Gasteiger partial charge in [0.25, 0.3) is 0 Å². The van der Waals surface area contributed by atoms with Crippen molar-refractivity contribution >= 4 is 25.6 Å². The number of ether oxygens (including phenoxy) is 1. The van der Waals surface area contributed by atoms with E-state index in [2.05, 4.69) is 37.1 Å². The zero-order valence-electron chi connectivity index (χ0n) is 15.6. The summed E-state index contributed by atoms with van der Waals surface area (Å²) in [5.74, 6) is -0.170. The quantitative estimate of drug-likeness (QED) is 0.633. The van der Waals surface area contributed by atoms with E-state index in [-0.39, 0.29) is 5.92 Å². The minimum atomic E-state index is -1.97. The third kappa shape index (κ3) is 5.34. The fourth-order valence-corrected chi connectivity index (χ4v) is 5.26. The van der Waals surface area contributed by atoms with Gasteiger partial charge >= 0.3 is 6.09 Å². The second kappa shape index (κ2) is 7.79. The molecule has 0 saturated carbocycles. The van der Waals surface area contributed by atoms with Gasteiger partial charge in [0.05, 0.1) is 6.04 Å². The lowest BCUT2D eigenvalue weighted by Crippen LogP contribution is -2.50. The number of aldehydes is 1. The van der Waals surface area contributed by atoms with Crippen molar-refractivity contribution in [1.82, 2.24) is 5.32 Å². The summed E-state index contributed by atoms with van der Waals surface area (Å²) in [5, 5.41) is 4.93. The van der Waals surface area contributed by atoms with Gasteiger partial charge in [0.2, 0.25) is 0 Å². The van der Waals surface area contributed by atoms with Crippen LogP contribution in [0.3, 0.4) is 0 Å². The summed E-state index contributed by atoms with van der Waals surface area (Å²) in [4.78, 5) is 23.5. The van der Waals surface area contributed by atoms with Crippen LogP contribution in [0.2, 0.25) is 13.1 Å². The molecule has 5 heteroatoms. The summed E-state index contributed by atoms with van der Waals surface area (Å²) in [6.07, 6.45) is 0.174. The Kier molecular flexibility index (Phi) is 6.55. The predicted octanol–water partition coefficient (Wildman–Crippen LogP) is 3.43. The molecule has 0 radical (unpaired) electrons. The van der Waals surface area contributed by atoms with Crippen LogP contribution in [0, 0.1) is 5.92 Å². The Hall–Kier alpha value is -1.88. The molecular formula is C19H29NO3Si. The number of amides is 1.